The minimum atomic E-state index is -0.185. The standard InChI is InChI=1S/C16H16N2O3/c1-18(13-7-3-2-6-12(13)17)16(19)11-5-4-8-14-15(11)21-10-9-20-14/h2-8H,9-10,17H2,1H3. The van der Waals surface area contributed by atoms with E-state index in [1.165, 1.54) is 4.90 Å². The van der Waals surface area contributed by atoms with E-state index in [1.807, 2.05) is 12.1 Å². The SMILES string of the molecule is CN(C(=O)c1cccc2c1OCCO2)c1ccccc1N. The van der Waals surface area contributed by atoms with Gasteiger partial charge in [0.1, 0.15) is 13.2 Å². The number of benzene rings is 2. The molecule has 0 aliphatic carbocycles. The summed E-state index contributed by atoms with van der Waals surface area (Å²) in [6.45, 7) is 0.931. The second-order valence-corrected chi connectivity index (χ2v) is 4.75. The number of nitrogen functional groups attached to an aromatic ring is 1. The Morgan fingerprint density at radius 1 is 1.10 bits per heavy atom. The number of nitrogens with zero attached hydrogens (tertiary/aromatic N) is 1. The fraction of sp³-hybridized carbons (Fsp3) is 0.188. The average molecular weight is 284 g/mol. The van der Waals surface area contributed by atoms with Gasteiger partial charge in [0.05, 0.1) is 16.9 Å². The molecule has 0 unspecified atom stereocenters. The van der Waals surface area contributed by atoms with Crippen molar-refractivity contribution >= 4 is 17.3 Å². The van der Waals surface area contributed by atoms with Gasteiger partial charge < -0.3 is 20.1 Å². The van der Waals surface area contributed by atoms with Crippen molar-refractivity contribution in [2.75, 3.05) is 30.9 Å². The number of hydrogen-bond acceptors (Lipinski definition) is 4. The lowest BCUT2D eigenvalue weighted by molar-refractivity contribution is 0.0982. The van der Waals surface area contributed by atoms with Crippen molar-refractivity contribution in [3.8, 4) is 11.5 Å². The lowest BCUT2D eigenvalue weighted by Gasteiger charge is -2.24. The van der Waals surface area contributed by atoms with Crippen molar-refractivity contribution in [2.24, 2.45) is 0 Å². The van der Waals surface area contributed by atoms with Crippen LogP contribution in [0.2, 0.25) is 0 Å². The molecular formula is C16H16N2O3. The molecule has 0 radical (unpaired) electrons. The van der Waals surface area contributed by atoms with E-state index in [-0.39, 0.29) is 5.91 Å². The van der Waals surface area contributed by atoms with Crippen LogP contribution in [0, 0.1) is 0 Å². The molecule has 1 amide bonds. The van der Waals surface area contributed by atoms with Gasteiger partial charge in [-0.2, -0.15) is 0 Å². The molecule has 0 saturated carbocycles. The number of carbonyl (C=O) groups excluding carboxylic acids is 1. The highest BCUT2D eigenvalue weighted by molar-refractivity contribution is 6.09. The van der Waals surface area contributed by atoms with Gasteiger partial charge in [-0.05, 0) is 24.3 Å². The van der Waals surface area contributed by atoms with Crippen LogP contribution in [0.3, 0.4) is 0 Å². The molecule has 5 nitrogen and oxygen atoms in total. The third-order valence-corrected chi connectivity index (χ3v) is 3.40. The van der Waals surface area contributed by atoms with Crippen LogP contribution in [0.15, 0.2) is 42.5 Å². The van der Waals surface area contributed by atoms with E-state index < -0.39 is 0 Å². The molecule has 1 aliphatic heterocycles. The Bertz CT molecular complexity index is 685. The molecule has 1 aliphatic rings. The van der Waals surface area contributed by atoms with Crippen molar-refractivity contribution < 1.29 is 14.3 Å². The molecule has 0 aromatic heterocycles. The zero-order chi connectivity index (χ0) is 14.8. The van der Waals surface area contributed by atoms with Crippen LogP contribution < -0.4 is 20.1 Å². The first kappa shape index (κ1) is 13.3. The first-order chi connectivity index (χ1) is 10.2. The van der Waals surface area contributed by atoms with Crippen LogP contribution in [-0.4, -0.2) is 26.2 Å². The lowest BCUT2D eigenvalue weighted by atomic mass is 10.1. The molecule has 0 fully saturated rings. The number of ether oxygens (including phenoxy) is 2. The number of fused-ring (bicyclic) bond motifs is 1. The van der Waals surface area contributed by atoms with Crippen molar-refractivity contribution in [3.05, 3.63) is 48.0 Å². The monoisotopic (exact) mass is 284 g/mol. The fourth-order valence-electron chi connectivity index (χ4n) is 2.33. The van der Waals surface area contributed by atoms with Crippen molar-refractivity contribution in [1.29, 1.82) is 0 Å². The highest BCUT2D eigenvalue weighted by Crippen LogP contribution is 2.35. The van der Waals surface area contributed by atoms with Crippen LogP contribution in [0.25, 0.3) is 0 Å². The minimum Gasteiger partial charge on any atom is -0.486 e. The van der Waals surface area contributed by atoms with E-state index in [4.69, 9.17) is 15.2 Å². The highest BCUT2D eigenvalue weighted by atomic mass is 16.6. The molecular weight excluding hydrogens is 268 g/mol. The summed E-state index contributed by atoms with van der Waals surface area (Å²) in [6, 6.07) is 12.5. The number of nitrogens with two attached hydrogens (primary N) is 1. The fourth-order valence-corrected chi connectivity index (χ4v) is 2.33. The molecule has 0 bridgehead atoms. The Labute approximate surface area is 122 Å². The van der Waals surface area contributed by atoms with Gasteiger partial charge in [0.25, 0.3) is 5.91 Å². The van der Waals surface area contributed by atoms with E-state index in [1.54, 1.807) is 37.4 Å². The Morgan fingerprint density at radius 2 is 1.86 bits per heavy atom. The normalized spacial score (nSPS) is 12.8. The van der Waals surface area contributed by atoms with E-state index in [0.717, 1.165) is 0 Å². The van der Waals surface area contributed by atoms with E-state index in [9.17, 15) is 4.79 Å². The summed E-state index contributed by atoms with van der Waals surface area (Å²) in [7, 11) is 1.69. The Hall–Kier alpha value is -2.69. The maximum atomic E-state index is 12.7. The predicted molar refractivity (Wildman–Crippen MR) is 81.0 cm³/mol. The second-order valence-electron chi connectivity index (χ2n) is 4.75. The average Bonchev–Trinajstić information content (AvgIpc) is 2.53. The molecule has 5 heteroatoms. The summed E-state index contributed by atoms with van der Waals surface area (Å²) >= 11 is 0. The summed E-state index contributed by atoms with van der Waals surface area (Å²) in [5, 5.41) is 0. The number of carbonyl (C=O) groups is 1. The van der Waals surface area contributed by atoms with Gasteiger partial charge in [-0.15, -0.1) is 0 Å². The first-order valence-electron chi connectivity index (χ1n) is 6.69. The molecule has 21 heavy (non-hydrogen) atoms. The van der Waals surface area contributed by atoms with E-state index >= 15 is 0 Å². The lowest BCUT2D eigenvalue weighted by Crippen LogP contribution is -2.28. The number of anilines is 2. The van der Waals surface area contributed by atoms with Crippen LogP contribution in [0.5, 0.6) is 11.5 Å². The van der Waals surface area contributed by atoms with Gasteiger partial charge in [0.2, 0.25) is 0 Å². The molecule has 2 aromatic carbocycles. The van der Waals surface area contributed by atoms with Crippen molar-refractivity contribution in [3.63, 3.8) is 0 Å². The molecule has 2 aromatic rings. The molecule has 108 valence electrons. The zero-order valence-electron chi connectivity index (χ0n) is 11.7. The van der Waals surface area contributed by atoms with Crippen LogP contribution in [0.4, 0.5) is 11.4 Å². The van der Waals surface area contributed by atoms with Gasteiger partial charge in [-0.3, -0.25) is 4.79 Å². The van der Waals surface area contributed by atoms with E-state index in [2.05, 4.69) is 0 Å². The molecule has 3 rings (SSSR count). The van der Waals surface area contributed by atoms with Gasteiger partial charge >= 0.3 is 0 Å². The largest absolute Gasteiger partial charge is 0.486 e. The quantitative estimate of drug-likeness (QED) is 0.860. The molecule has 0 atom stereocenters. The third kappa shape index (κ3) is 2.38. The van der Waals surface area contributed by atoms with E-state index in [0.29, 0.717) is 41.7 Å². The zero-order valence-corrected chi connectivity index (χ0v) is 11.7. The Balaban J connectivity index is 1.98. The van der Waals surface area contributed by atoms with Gasteiger partial charge in [0.15, 0.2) is 11.5 Å². The maximum absolute atomic E-state index is 12.7. The highest BCUT2D eigenvalue weighted by Gasteiger charge is 2.23. The first-order valence-corrected chi connectivity index (χ1v) is 6.69. The number of rotatable bonds is 2. The summed E-state index contributed by atoms with van der Waals surface area (Å²) < 4.78 is 11.1. The predicted octanol–water partition coefficient (Wildman–Crippen LogP) is 2.32. The Kier molecular flexibility index (Phi) is 3.39. The van der Waals surface area contributed by atoms with Crippen molar-refractivity contribution in [1.82, 2.24) is 0 Å². The van der Waals surface area contributed by atoms with Crippen LogP contribution in [0.1, 0.15) is 10.4 Å². The molecule has 2 N–H and O–H groups in total. The van der Waals surface area contributed by atoms with Gasteiger partial charge in [0, 0.05) is 7.05 Å². The summed E-state index contributed by atoms with van der Waals surface area (Å²) in [6.07, 6.45) is 0. The molecule has 0 spiro atoms. The minimum absolute atomic E-state index is 0.185. The number of para-hydroxylation sites is 3. The second kappa shape index (κ2) is 5.36. The maximum Gasteiger partial charge on any atom is 0.261 e. The van der Waals surface area contributed by atoms with Crippen molar-refractivity contribution in [2.45, 2.75) is 0 Å². The summed E-state index contributed by atoms with van der Waals surface area (Å²) in [5.74, 6) is 0.909. The Morgan fingerprint density at radius 3 is 2.67 bits per heavy atom. The van der Waals surface area contributed by atoms with Gasteiger partial charge in [-0.25, -0.2) is 0 Å². The third-order valence-electron chi connectivity index (χ3n) is 3.40. The van der Waals surface area contributed by atoms with Crippen LogP contribution in [-0.2, 0) is 0 Å². The van der Waals surface area contributed by atoms with Crippen LogP contribution >= 0.6 is 0 Å². The summed E-state index contributed by atoms with van der Waals surface area (Å²) in [4.78, 5) is 14.2. The van der Waals surface area contributed by atoms with Gasteiger partial charge in [-0.1, -0.05) is 18.2 Å². The topological polar surface area (TPSA) is 64.8 Å². The number of amides is 1. The molecule has 1 heterocycles. The summed E-state index contributed by atoms with van der Waals surface area (Å²) in [5.41, 5.74) is 7.61. The molecule has 0 saturated heterocycles. The number of hydrogen-bond donors (Lipinski definition) is 1. The smallest absolute Gasteiger partial charge is 0.261 e.